The van der Waals surface area contributed by atoms with Gasteiger partial charge < -0.3 is 20.1 Å². The summed E-state index contributed by atoms with van der Waals surface area (Å²) in [7, 11) is -4.40. The number of unbranched alkanes of at least 4 members (excludes halogenated alkanes) is 31. The predicted octanol–water partition coefficient (Wildman–Crippen LogP) is 23.6. The van der Waals surface area contributed by atoms with Crippen molar-refractivity contribution in [2.24, 2.45) is 5.73 Å². The molecule has 2 atom stereocenters. The third-order valence-corrected chi connectivity index (χ3v) is 16.0. The zero-order valence-electron chi connectivity index (χ0n) is 56.0. The Bertz CT molecular complexity index is 1890. The minimum absolute atomic E-state index is 0.0467. The van der Waals surface area contributed by atoms with E-state index in [1.54, 1.807) is 0 Å². The lowest BCUT2D eigenvalue weighted by molar-refractivity contribution is -0.161. The van der Waals surface area contributed by atoms with Gasteiger partial charge in [-0.15, -0.1) is 0 Å². The fourth-order valence-electron chi connectivity index (χ4n) is 9.85. The van der Waals surface area contributed by atoms with E-state index in [1.807, 2.05) is 0 Å². The van der Waals surface area contributed by atoms with Crippen molar-refractivity contribution >= 4 is 19.8 Å². The summed E-state index contributed by atoms with van der Waals surface area (Å²) in [6.07, 6.45) is 101. The molecule has 10 heteroatoms. The van der Waals surface area contributed by atoms with E-state index in [2.05, 4.69) is 148 Å². The van der Waals surface area contributed by atoms with E-state index in [0.29, 0.717) is 6.42 Å². The topological polar surface area (TPSA) is 134 Å². The van der Waals surface area contributed by atoms with Crippen molar-refractivity contribution in [1.29, 1.82) is 0 Å². The van der Waals surface area contributed by atoms with Crippen molar-refractivity contribution in [3.63, 3.8) is 0 Å². The molecule has 0 aliphatic heterocycles. The number of esters is 2. The monoisotopic (exact) mass is 1230 g/mol. The molecule has 0 fully saturated rings. The maximum atomic E-state index is 12.8. The van der Waals surface area contributed by atoms with Crippen molar-refractivity contribution < 1.29 is 37.6 Å². The quantitative estimate of drug-likeness (QED) is 0.0264. The summed E-state index contributed by atoms with van der Waals surface area (Å²) in [6, 6.07) is 0. The van der Waals surface area contributed by atoms with Crippen molar-refractivity contribution in [3.8, 4) is 0 Å². The lowest BCUT2D eigenvalue weighted by atomic mass is 10.0. The number of hydrogen-bond acceptors (Lipinski definition) is 8. The van der Waals surface area contributed by atoms with Crippen molar-refractivity contribution in [2.75, 3.05) is 26.4 Å². The number of carbonyl (C=O) groups is 2. The standard InChI is InChI=1S/C77H132NO8P/c1-3-5-7-9-11-13-15-17-19-21-23-25-27-29-31-33-34-35-36-37-38-39-40-42-43-45-47-49-51-53-55-57-59-61-63-65-67-69-76(79)83-73-75(74-85-87(81,82)84-72-71-78)86-77(80)70-68-66-64-62-60-58-56-54-52-50-48-46-44-41-32-30-28-26-24-22-20-18-16-14-12-10-8-6-4-2/h5-8,11-14,17-20,23-26,30,32,44,46,50,52,75H,3-4,9-10,15-16,21-22,27-29,31,33-43,45,47-49,51,53-74,78H2,1-2H3,(H,81,82)/b7-5-,8-6-,13-11-,14-12-,19-17-,20-18-,25-23-,26-24-,32-30-,46-44-,52-50-. The maximum absolute atomic E-state index is 12.8. The van der Waals surface area contributed by atoms with Crippen LogP contribution in [0.25, 0.3) is 0 Å². The van der Waals surface area contributed by atoms with Gasteiger partial charge in [-0.05, 0) is 109 Å². The van der Waals surface area contributed by atoms with Gasteiger partial charge in [-0.25, -0.2) is 4.57 Å². The van der Waals surface area contributed by atoms with Gasteiger partial charge in [0.1, 0.15) is 6.61 Å². The second-order valence-corrected chi connectivity index (χ2v) is 24.8. The molecule has 0 amide bonds. The molecule has 498 valence electrons. The summed E-state index contributed by atoms with van der Waals surface area (Å²) in [5.41, 5.74) is 5.40. The Kier molecular flexibility index (Phi) is 68.1. The van der Waals surface area contributed by atoms with Gasteiger partial charge in [-0.2, -0.15) is 0 Å². The van der Waals surface area contributed by atoms with Crippen LogP contribution in [-0.4, -0.2) is 49.3 Å². The molecule has 3 N–H and O–H groups in total. The minimum atomic E-state index is -4.40. The van der Waals surface area contributed by atoms with E-state index in [9.17, 15) is 19.0 Å². The van der Waals surface area contributed by atoms with Gasteiger partial charge in [0.25, 0.3) is 0 Å². The molecule has 0 aliphatic carbocycles. The first-order valence-corrected chi connectivity index (χ1v) is 37.2. The summed E-state index contributed by atoms with van der Waals surface area (Å²) in [6.45, 7) is 3.52. The first-order chi connectivity index (χ1) is 42.8. The van der Waals surface area contributed by atoms with Gasteiger partial charge in [0, 0.05) is 19.4 Å². The SMILES string of the molecule is CC/C=C\C/C=C\C/C=C\C/C=C\C/C=C\C/C=C\C/C=C\CCCCCCCCCC(=O)OC(COC(=O)CCCCCCCCCCCCCCCCCCCCCCCCCC/C=C\C/C=C\C/C=C\C/C=C\CC)COP(=O)(O)OCCN. The molecule has 0 bridgehead atoms. The van der Waals surface area contributed by atoms with Crippen molar-refractivity contribution in [3.05, 3.63) is 134 Å². The molecular weight excluding hydrogens is 1100 g/mol. The molecule has 9 nitrogen and oxygen atoms in total. The average molecular weight is 1230 g/mol. The van der Waals surface area contributed by atoms with Crippen molar-refractivity contribution in [1.82, 2.24) is 0 Å². The van der Waals surface area contributed by atoms with E-state index >= 15 is 0 Å². The predicted molar refractivity (Wildman–Crippen MR) is 376 cm³/mol. The lowest BCUT2D eigenvalue weighted by Gasteiger charge is -2.19. The number of phosphoric ester groups is 1. The van der Waals surface area contributed by atoms with E-state index in [1.165, 1.54) is 161 Å². The van der Waals surface area contributed by atoms with Crippen LogP contribution in [0.4, 0.5) is 0 Å². The fourth-order valence-corrected chi connectivity index (χ4v) is 10.6. The van der Waals surface area contributed by atoms with Crippen LogP contribution in [0, 0.1) is 0 Å². The van der Waals surface area contributed by atoms with Crippen LogP contribution in [0.15, 0.2) is 134 Å². The minimum Gasteiger partial charge on any atom is -0.462 e. The third kappa shape index (κ3) is 71.1. The Morgan fingerprint density at radius 1 is 0.345 bits per heavy atom. The number of allylic oxidation sites excluding steroid dienone is 22. The van der Waals surface area contributed by atoms with Crippen LogP contribution >= 0.6 is 7.82 Å². The van der Waals surface area contributed by atoms with Crippen LogP contribution < -0.4 is 5.73 Å². The summed E-state index contributed by atoms with van der Waals surface area (Å²) >= 11 is 0. The Morgan fingerprint density at radius 2 is 0.598 bits per heavy atom. The van der Waals surface area contributed by atoms with Gasteiger partial charge in [0.2, 0.25) is 0 Å². The van der Waals surface area contributed by atoms with Gasteiger partial charge in [0.05, 0.1) is 13.2 Å². The first-order valence-electron chi connectivity index (χ1n) is 35.7. The Morgan fingerprint density at radius 3 is 0.885 bits per heavy atom. The van der Waals surface area contributed by atoms with E-state index in [-0.39, 0.29) is 38.6 Å². The fraction of sp³-hybridized carbons (Fsp3) is 0.688. The molecule has 0 radical (unpaired) electrons. The smallest absolute Gasteiger partial charge is 0.462 e. The summed E-state index contributed by atoms with van der Waals surface area (Å²) < 4.78 is 33.2. The molecule has 0 aromatic carbocycles. The Labute approximate surface area is 535 Å². The molecule has 0 rings (SSSR count). The lowest BCUT2D eigenvalue weighted by Crippen LogP contribution is -2.29. The molecular formula is C77H132NO8P. The summed E-state index contributed by atoms with van der Waals surface area (Å²) in [4.78, 5) is 35.4. The normalized spacial score (nSPS) is 13.7. The molecule has 87 heavy (non-hydrogen) atoms. The number of phosphoric acid groups is 1. The highest BCUT2D eigenvalue weighted by molar-refractivity contribution is 7.47. The zero-order valence-corrected chi connectivity index (χ0v) is 56.9. The second-order valence-electron chi connectivity index (χ2n) is 23.3. The highest BCUT2D eigenvalue weighted by Gasteiger charge is 2.26. The van der Waals surface area contributed by atoms with Crippen LogP contribution in [0.5, 0.6) is 0 Å². The van der Waals surface area contributed by atoms with Gasteiger partial charge in [0.15, 0.2) is 6.10 Å². The Balaban J connectivity index is 3.88. The molecule has 0 saturated carbocycles. The number of ether oxygens (including phenoxy) is 2. The largest absolute Gasteiger partial charge is 0.472 e. The zero-order chi connectivity index (χ0) is 63.0. The molecule has 0 heterocycles. The van der Waals surface area contributed by atoms with E-state index in [4.69, 9.17) is 24.3 Å². The van der Waals surface area contributed by atoms with Crippen LogP contribution in [-0.2, 0) is 32.7 Å². The van der Waals surface area contributed by atoms with Crippen molar-refractivity contribution in [2.45, 2.75) is 315 Å². The van der Waals surface area contributed by atoms with Gasteiger partial charge in [-0.1, -0.05) is 321 Å². The van der Waals surface area contributed by atoms with Crippen LogP contribution in [0.1, 0.15) is 309 Å². The Hall–Kier alpha value is -3.85. The highest BCUT2D eigenvalue weighted by atomic mass is 31.2. The number of nitrogens with two attached hydrogens (primary N) is 1. The maximum Gasteiger partial charge on any atom is 0.472 e. The van der Waals surface area contributed by atoms with Gasteiger partial charge >= 0.3 is 19.8 Å². The molecule has 0 aromatic rings. The molecule has 0 aromatic heterocycles. The molecule has 0 aliphatic rings. The van der Waals surface area contributed by atoms with E-state index < -0.39 is 26.5 Å². The van der Waals surface area contributed by atoms with Crippen LogP contribution in [0.2, 0.25) is 0 Å². The van der Waals surface area contributed by atoms with Crippen LogP contribution in [0.3, 0.4) is 0 Å². The second kappa shape index (κ2) is 71.2. The molecule has 0 saturated heterocycles. The number of rotatable bonds is 66. The third-order valence-electron chi connectivity index (χ3n) is 15.0. The molecule has 2 unspecified atom stereocenters. The first kappa shape index (κ1) is 83.2. The number of hydrogen-bond donors (Lipinski definition) is 2. The molecule has 0 spiro atoms. The average Bonchev–Trinajstić information content (AvgIpc) is 3.63. The van der Waals surface area contributed by atoms with E-state index in [0.717, 1.165) is 116 Å². The summed E-state index contributed by atoms with van der Waals surface area (Å²) in [5.74, 6) is -0.836. The van der Waals surface area contributed by atoms with Gasteiger partial charge in [-0.3, -0.25) is 18.6 Å². The summed E-state index contributed by atoms with van der Waals surface area (Å²) in [5, 5.41) is 0. The number of carbonyl (C=O) groups excluding carboxylic acids is 2. The highest BCUT2D eigenvalue weighted by Crippen LogP contribution is 2.43.